The number of hydrogen-bond donors (Lipinski definition) is 6. The van der Waals surface area contributed by atoms with Gasteiger partial charge in [-0.3, -0.25) is 24.0 Å². The number of amides is 3. The van der Waals surface area contributed by atoms with E-state index in [2.05, 4.69) is 16.0 Å². The number of Topliss-reactive ketones (excluding diaryl/α,β-unsaturated/α-hetero) is 1. The Labute approximate surface area is 346 Å². The molecular weight excluding hydrogens is 810 g/mol. The summed E-state index contributed by atoms with van der Waals surface area (Å²) in [6.07, 6.45) is -0.370. The minimum atomic E-state index is -2.61. The first-order valence-electron chi connectivity index (χ1n) is 18.5. The summed E-state index contributed by atoms with van der Waals surface area (Å²) in [5.41, 5.74) is -0.866. The molecule has 0 aliphatic heterocycles. The smallest absolute Gasteiger partial charge is 0.408 e. The topological polar surface area (TPSA) is 225 Å². The monoisotopic (exact) mass is 853 g/mol. The quantitative estimate of drug-likeness (QED) is 0.0542. The Kier molecular flexibility index (Phi) is 18.1. The largest absolute Gasteiger partial charge is 0.480 e. The molecule has 0 radical (unpaired) electrons. The molecule has 18 heteroatoms. The molecule has 2 unspecified atom stereocenters. The van der Waals surface area contributed by atoms with Gasteiger partial charge >= 0.3 is 24.0 Å². The third kappa shape index (κ3) is 14.3. The van der Waals surface area contributed by atoms with Gasteiger partial charge in [0, 0.05) is 17.5 Å². The zero-order chi connectivity index (χ0) is 45.4. The summed E-state index contributed by atoms with van der Waals surface area (Å²) >= 11 is 0. The number of aliphatic carboxylic acids is 3. The predicted molar refractivity (Wildman–Crippen MR) is 209 cm³/mol. The van der Waals surface area contributed by atoms with E-state index in [1.165, 1.54) is 6.92 Å². The normalized spacial score (nSPS) is 13.2. The van der Waals surface area contributed by atoms with Crippen LogP contribution in [0.5, 0.6) is 0 Å². The summed E-state index contributed by atoms with van der Waals surface area (Å²) in [4.78, 5) is 84.8. The molecule has 0 saturated heterocycles. The molecule has 0 aromatic heterocycles. The van der Waals surface area contributed by atoms with Crippen LogP contribution in [0.15, 0.2) is 97.1 Å². The summed E-state index contributed by atoms with van der Waals surface area (Å²) in [5, 5.41) is 35.6. The Morgan fingerprint density at radius 2 is 0.967 bits per heavy atom. The number of benzene rings is 4. The Bertz CT molecular complexity index is 2080. The second kappa shape index (κ2) is 22.9. The summed E-state index contributed by atoms with van der Waals surface area (Å²) in [5.74, 6) is -19.1. The van der Waals surface area contributed by atoms with Gasteiger partial charge in [-0.15, -0.1) is 0 Å². The molecular formula is C43H43F4N3O11. The van der Waals surface area contributed by atoms with E-state index in [0.717, 1.165) is 23.3 Å². The number of carbonyl (C=O) groups is 7. The van der Waals surface area contributed by atoms with Crippen LogP contribution in [-0.2, 0) is 46.5 Å². The van der Waals surface area contributed by atoms with E-state index >= 15 is 0 Å². The SMILES string of the molecule is CC(C)C[C@H](NC(=O)[C@@H](C)NC(=O)OCc1ccccc1)C(=O)N[C@@H](Cc1ccccc1)C(=O)O.O=C(O)C(C(=O)C(C(=O)O)c1c(F)cccc1F)c1c(F)cccc1F. The van der Waals surface area contributed by atoms with Crippen LogP contribution in [0.4, 0.5) is 22.4 Å². The molecule has 0 bridgehead atoms. The van der Waals surface area contributed by atoms with Crippen LogP contribution < -0.4 is 16.0 Å². The van der Waals surface area contributed by atoms with Crippen molar-refractivity contribution in [2.45, 2.75) is 70.2 Å². The first-order chi connectivity index (χ1) is 28.8. The number of carboxylic acid groups (broad SMARTS) is 3. The van der Waals surface area contributed by atoms with Crippen molar-refractivity contribution in [3.05, 3.63) is 143 Å². The van der Waals surface area contributed by atoms with Crippen LogP contribution in [0.25, 0.3) is 0 Å². The van der Waals surface area contributed by atoms with Crippen molar-refractivity contribution in [3.8, 4) is 0 Å². The first kappa shape index (κ1) is 48.3. The minimum Gasteiger partial charge on any atom is -0.480 e. The van der Waals surface area contributed by atoms with Crippen molar-refractivity contribution in [1.29, 1.82) is 0 Å². The maximum atomic E-state index is 13.9. The molecule has 3 amide bonds. The molecule has 61 heavy (non-hydrogen) atoms. The van der Waals surface area contributed by atoms with Gasteiger partial charge < -0.3 is 36.0 Å². The van der Waals surface area contributed by atoms with Crippen molar-refractivity contribution in [3.63, 3.8) is 0 Å². The summed E-state index contributed by atoms with van der Waals surface area (Å²) in [6, 6.07) is 19.4. The highest BCUT2D eigenvalue weighted by Crippen LogP contribution is 2.33. The predicted octanol–water partition coefficient (Wildman–Crippen LogP) is 5.49. The molecule has 6 N–H and O–H groups in total. The molecule has 4 aromatic rings. The number of alkyl carbamates (subject to hydrolysis) is 1. The van der Waals surface area contributed by atoms with E-state index < -0.39 is 106 Å². The Balaban J connectivity index is 0.000000340. The number of ether oxygens (including phenoxy) is 1. The number of carbonyl (C=O) groups excluding carboxylic acids is 4. The van der Waals surface area contributed by atoms with E-state index in [-0.39, 0.29) is 18.9 Å². The maximum Gasteiger partial charge on any atom is 0.408 e. The Hall–Kier alpha value is -7.11. The lowest BCUT2D eigenvalue weighted by atomic mass is 9.83. The molecule has 324 valence electrons. The van der Waals surface area contributed by atoms with Gasteiger partial charge in [-0.25, -0.2) is 27.2 Å². The van der Waals surface area contributed by atoms with E-state index in [0.29, 0.717) is 30.7 Å². The van der Waals surface area contributed by atoms with Gasteiger partial charge in [0.05, 0.1) is 0 Å². The van der Waals surface area contributed by atoms with Gasteiger partial charge in [0.15, 0.2) is 5.78 Å². The van der Waals surface area contributed by atoms with Crippen LogP contribution in [0.2, 0.25) is 0 Å². The van der Waals surface area contributed by atoms with Gasteiger partial charge in [-0.1, -0.05) is 86.6 Å². The fraction of sp³-hybridized carbons (Fsp3) is 0.279. The lowest BCUT2D eigenvalue weighted by Gasteiger charge is -2.24. The average molecular weight is 854 g/mol. The zero-order valence-electron chi connectivity index (χ0n) is 32.9. The molecule has 0 aliphatic rings. The molecule has 4 aromatic carbocycles. The maximum absolute atomic E-state index is 13.9. The van der Waals surface area contributed by atoms with Gasteiger partial charge in [-0.2, -0.15) is 0 Å². The molecule has 5 atom stereocenters. The molecule has 4 rings (SSSR count). The number of nitrogens with one attached hydrogen (secondary N) is 3. The Morgan fingerprint density at radius 3 is 1.38 bits per heavy atom. The van der Waals surface area contributed by atoms with Crippen molar-refractivity contribution < 1.29 is 71.2 Å². The average Bonchev–Trinajstić information content (AvgIpc) is 3.19. The van der Waals surface area contributed by atoms with Crippen molar-refractivity contribution in [2.24, 2.45) is 5.92 Å². The summed E-state index contributed by atoms with van der Waals surface area (Å²) in [6.45, 7) is 5.29. The highest BCUT2D eigenvalue weighted by atomic mass is 19.1. The van der Waals surface area contributed by atoms with E-state index in [1.807, 2.05) is 38.1 Å². The van der Waals surface area contributed by atoms with Gasteiger partial charge in [0.25, 0.3) is 0 Å². The molecule has 14 nitrogen and oxygen atoms in total. The lowest BCUT2D eigenvalue weighted by molar-refractivity contribution is -0.147. The third-order valence-corrected chi connectivity index (χ3v) is 8.82. The second-order valence-electron chi connectivity index (χ2n) is 13.9. The van der Waals surface area contributed by atoms with Crippen molar-refractivity contribution in [1.82, 2.24) is 16.0 Å². The molecule has 0 spiro atoms. The standard InChI is InChI=1S/C26H33N3O6.C17H10F4O5/c1-17(2)14-21(24(31)29-22(25(32)33)15-19-10-6-4-7-11-19)28-23(30)18(3)27-26(34)35-16-20-12-8-5-9-13-20;18-7-3-1-4-8(19)11(7)13(16(23)24)15(22)14(17(25)26)12-9(20)5-2-6-10(12)21/h4-13,17-18,21-22H,14-16H2,1-3H3,(H,27,34)(H,28,30)(H,29,31)(H,32,33);1-6,13-14H,(H,23,24)(H,25,26)/t18-,21+,22+;/m1./s1. The highest BCUT2D eigenvalue weighted by molar-refractivity contribution is 6.14. The summed E-state index contributed by atoms with van der Waals surface area (Å²) in [7, 11) is 0. The highest BCUT2D eigenvalue weighted by Gasteiger charge is 2.43. The molecule has 0 aliphatic carbocycles. The lowest BCUT2D eigenvalue weighted by Crippen LogP contribution is -2.55. The fourth-order valence-electron chi connectivity index (χ4n) is 5.84. The zero-order valence-corrected chi connectivity index (χ0v) is 32.9. The van der Waals surface area contributed by atoms with Crippen LogP contribution in [0.3, 0.4) is 0 Å². The van der Waals surface area contributed by atoms with Gasteiger partial charge in [0.2, 0.25) is 11.8 Å². The number of rotatable bonds is 18. The van der Waals surface area contributed by atoms with Crippen LogP contribution in [0, 0.1) is 29.2 Å². The van der Waals surface area contributed by atoms with Crippen LogP contribution in [-0.4, -0.2) is 75.0 Å². The molecule has 0 heterocycles. The van der Waals surface area contributed by atoms with E-state index in [9.17, 15) is 66.4 Å². The first-order valence-corrected chi connectivity index (χ1v) is 18.5. The fourth-order valence-corrected chi connectivity index (χ4v) is 5.84. The third-order valence-electron chi connectivity index (χ3n) is 8.82. The number of ketones is 1. The van der Waals surface area contributed by atoms with Crippen molar-refractivity contribution in [2.75, 3.05) is 0 Å². The van der Waals surface area contributed by atoms with Gasteiger partial charge in [0.1, 0.15) is 59.8 Å². The van der Waals surface area contributed by atoms with E-state index in [4.69, 9.17) is 4.74 Å². The summed E-state index contributed by atoms with van der Waals surface area (Å²) < 4.78 is 60.7. The van der Waals surface area contributed by atoms with Gasteiger partial charge in [-0.05, 0) is 54.7 Å². The van der Waals surface area contributed by atoms with Crippen LogP contribution >= 0.6 is 0 Å². The van der Waals surface area contributed by atoms with Crippen molar-refractivity contribution >= 4 is 41.6 Å². The number of hydrogen-bond acceptors (Lipinski definition) is 8. The van der Waals surface area contributed by atoms with E-state index in [1.54, 1.807) is 36.4 Å². The Morgan fingerprint density at radius 1 is 0.541 bits per heavy atom. The molecule has 0 saturated carbocycles. The number of halogens is 4. The second-order valence-corrected chi connectivity index (χ2v) is 13.9. The molecule has 0 fully saturated rings. The van der Waals surface area contributed by atoms with Crippen LogP contribution in [0.1, 0.15) is 61.3 Å². The number of carboxylic acids is 3. The minimum absolute atomic E-state index is 0.0440.